The van der Waals surface area contributed by atoms with Gasteiger partial charge in [0.15, 0.2) is 0 Å². The van der Waals surface area contributed by atoms with Gasteiger partial charge in [-0.2, -0.15) is 0 Å². The Morgan fingerprint density at radius 1 is 0.0521 bits per heavy atom. The average molecular weight is 1270 g/mol. The van der Waals surface area contributed by atoms with Gasteiger partial charge in [0.1, 0.15) is 0 Å². The van der Waals surface area contributed by atoms with Crippen LogP contribution in [0.15, 0.2) is 489 Å². The summed E-state index contributed by atoms with van der Waals surface area (Å²) in [4.78, 5) is 60.6. The van der Waals surface area contributed by atoms with Crippen molar-refractivity contribution in [3.05, 3.63) is 489 Å². The van der Waals surface area contributed by atoms with Crippen LogP contribution >= 0.6 is 0 Å². The van der Waals surface area contributed by atoms with Crippen molar-refractivity contribution in [2.75, 3.05) is 0 Å². The summed E-state index contributed by atoms with van der Waals surface area (Å²) in [6.45, 7) is 0. The molecule has 0 unspecified atom stereocenters. The number of hydrogen-bond donors (Lipinski definition) is 0. The second-order valence-corrected chi connectivity index (χ2v) is 16.4. The first kappa shape index (κ1) is 80.4. The highest BCUT2D eigenvalue weighted by atomic mass is 14.6. The summed E-state index contributed by atoms with van der Waals surface area (Å²) in [5.41, 5.74) is 0. The van der Waals surface area contributed by atoms with Crippen molar-refractivity contribution in [1.29, 1.82) is 0 Å². The van der Waals surface area contributed by atoms with E-state index >= 15 is 0 Å². The van der Waals surface area contributed by atoms with Crippen LogP contribution in [0.3, 0.4) is 0 Å². The molecule has 16 nitrogen and oxygen atoms in total. The molecule has 0 saturated heterocycles. The van der Waals surface area contributed by atoms with E-state index in [1.165, 1.54) is 0 Å². The van der Waals surface area contributed by atoms with E-state index in [0.717, 1.165) is 0 Å². The molecule has 480 valence electrons. The highest BCUT2D eigenvalue weighted by Crippen LogP contribution is 1.82. The van der Waals surface area contributed by atoms with Crippen molar-refractivity contribution in [3.8, 4) is 0 Å². The van der Waals surface area contributed by atoms with Crippen molar-refractivity contribution in [2.45, 2.75) is 0 Å². The maximum absolute atomic E-state index is 3.78. The number of pyridine rings is 16. The highest BCUT2D eigenvalue weighted by Gasteiger charge is 1.67. The minimum Gasteiger partial charge on any atom is -0.265 e. The predicted molar refractivity (Wildman–Crippen MR) is 388 cm³/mol. The van der Waals surface area contributed by atoms with Crippen molar-refractivity contribution in [1.82, 2.24) is 79.7 Å². The molecule has 0 aliphatic heterocycles. The predicted octanol–water partition coefficient (Wildman–Crippen LogP) is 17.3. The zero-order valence-corrected chi connectivity index (χ0v) is 53.3. The first-order valence-electron chi connectivity index (χ1n) is 29.6. The molecule has 16 rings (SSSR count). The fourth-order valence-electron chi connectivity index (χ4n) is 5.00. The van der Waals surface area contributed by atoms with Crippen LogP contribution in [0.2, 0.25) is 0 Å². The molecule has 96 heavy (non-hydrogen) atoms. The standard InChI is InChI=1S/16C5H5N/c16*1-2-4-6-5-3-1/h16*1-5H. The zero-order valence-electron chi connectivity index (χ0n) is 53.3. The van der Waals surface area contributed by atoms with E-state index in [-0.39, 0.29) is 0 Å². The first-order chi connectivity index (χ1) is 48.0. The van der Waals surface area contributed by atoms with Gasteiger partial charge >= 0.3 is 0 Å². The van der Waals surface area contributed by atoms with Crippen molar-refractivity contribution in [3.63, 3.8) is 0 Å². The molecule has 0 amide bonds. The van der Waals surface area contributed by atoms with Gasteiger partial charge in [-0.1, -0.05) is 97.1 Å². The Balaban J connectivity index is 0.000000512. The number of rotatable bonds is 0. The fraction of sp³-hybridized carbons (Fsp3) is 0. The third-order valence-corrected chi connectivity index (χ3v) is 9.06. The number of hydrogen-bond acceptors (Lipinski definition) is 16. The lowest BCUT2D eigenvalue weighted by atomic mass is 10.5. The highest BCUT2D eigenvalue weighted by molar-refractivity contribution is 4.96. The third-order valence-electron chi connectivity index (χ3n) is 9.06. The van der Waals surface area contributed by atoms with E-state index in [0.29, 0.717) is 0 Å². The normalized spacial score (nSPS) is 8.00. The fourth-order valence-corrected chi connectivity index (χ4v) is 5.00. The maximum atomic E-state index is 3.78. The number of nitrogens with zero attached hydrogens (tertiary/aromatic N) is 16. The van der Waals surface area contributed by atoms with Gasteiger partial charge in [-0.25, -0.2) is 0 Å². The topological polar surface area (TPSA) is 206 Å². The summed E-state index contributed by atoms with van der Waals surface area (Å²) in [7, 11) is 0. The molecule has 0 aromatic carbocycles. The Hall–Kier alpha value is -13.6. The van der Waals surface area contributed by atoms with Crippen LogP contribution in [0.5, 0.6) is 0 Å². The summed E-state index contributed by atoms with van der Waals surface area (Å²) in [6.07, 6.45) is 56.0. The Labute approximate surface area is 566 Å². The molecule has 0 bridgehead atoms. The van der Waals surface area contributed by atoms with E-state index in [2.05, 4.69) is 79.7 Å². The molecule has 0 aliphatic carbocycles. The van der Waals surface area contributed by atoms with Crippen molar-refractivity contribution < 1.29 is 0 Å². The van der Waals surface area contributed by atoms with Crippen molar-refractivity contribution in [2.24, 2.45) is 0 Å². The van der Waals surface area contributed by atoms with E-state index in [1.807, 2.05) is 291 Å². The third kappa shape index (κ3) is 74.7. The largest absolute Gasteiger partial charge is 0.265 e. The minimum atomic E-state index is 1.75. The minimum absolute atomic E-state index is 1.75. The summed E-state index contributed by atoms with van der Waals surface area (Å²) in [5.74, 6) is 0. The van der Waals surface area contributed by atoms with E-state index in [4.69, 9.17) is 0 Å². The van der Waals surface area contributed by atoms with Gasteiger partial charge < -0.3 is 0 Å². The molecule has 0 saturated carbocycles. The molecule has 0 spiro atoms. The molecule has 0 N–H and O–H groups in total. The van der Waals surface area contributed by atoms with Crippen LogP contribution in [0.1, 0.15) is 0 Å². The molecule has 0 fully saturated rings. The van der Waals surface area contributed by atoms with Gasteiger partial charge in [-0.3, -0.25) is 79.7 Å². The molecule has 16 aromatic heterocycles. The number of aromatic nitrogens is 16. The second kappa shape index (κ2) is 77.5. The maximum Gasteiger partial charge on any atom is 0.0267 e. The first-order valence-corrected chi connectivity index (χ1v) is 29.6. The van der Waals surface area contributed by atoms with E-state index in [9.17, 15) is 0 Å². The SMILES string of the molecule is c1ccncc1.c1ccncc1.c1ccncc1.c1ccncc1.c1ccncc1.c1ccncc1.c1ccncc1.c1ccncc1.c1ccncc1.c1ccncc1.c1ccncc1.c1ccncc1.c1ccncc1.c1ccncc1.c1ccncc1.c1ccncc1. The average Bonchev–Trinajstić information content (AvgIpc) is 3.75. The van der Waals surface area contributed by atoms with Crippen LogP contribution in [-0.2, 0) is 0 Å². The van der Waals surface area contributed by atoms with Gasteiger partial charge in [-0.15, -0.1) is 0 Å². The van der Waals surface area contributed by atoms with Gasteiger partial charge in [0.05, 0.1) is 0 Å². The van der Waals surface area contributed by atoms with Crippen LogP contribution in [-0.4, -0.2) is 79.7 Å². The molecule has 0 radical (unpaired) electrons. The quantitative estimate of drug-likeness (QED) is 0.138. The van der Waals surface area contributed by atoms with Crippen LogP contribution in [0.25, 0.3) is 0 Å². The van der Waals surface area contributed by atoms with Crippen LogP contribution < -0.4 is 0 Å². The summed E-state index contributed by atoms with van der Waals surface area (Å²) >= 11 is 0. The van der Waals surface area contributed by atoms with Gasteiger partial charge in [0.2, 0.25) is 0 Å². The molecular weight excluding hydrogens is 1180 g/mol. The molecule has 16 heterocycles. The molecular formula is C80H80N16. The Kier molecular flexibility index (Phi) is 64.9. The summed E-state index contributed by atoms with van der Waals surface area (Å²) in [6, 6.07) is 91.4. The van der Waals surface area contributed by atoms with Crippen LogP contribution in [0, 0.1) is 0 Å². The molecule has 16 heteroatoms. The molecule has 0 aliphatic rings. The van der Waals surface area contributed by atoms with E-state index < -0.39 is 0 Å². The Morgan fingerprint density at radius 3 is 0.104 bits per heavy atom. The van der Waals surface area contributed by atoms with Crippen LogP contribution in [0.4, 0.5) is 0 Å². The van der Waals surface area contributed by atoms with Gasteiger partial charge in [-0.05, 0) is 194 Å². The zero-order chi connectivity index (χ0) is 67.9. The summed E-state index contributed by atoms with van der Waals surface area (Å²) in [5, 5.41) is 0. The lowest BCUT2D eigenvalue weighted by Gasteiger charge is -1.70. The van der Waals surface area contributed by atoms with Gasteiger partial charge in [0, 0.05) is 198 Å². The second-order valence-electron chi connectivity index (χ2n) is 16.4. The van der Waals surface area contributed by atoms with E-state index in [1.54, 1.807) is 198 Å². The smallest absolute Gasteiger partial charge is 0.0267 e. The Morgan fingerprint density at radius 2 is 0.0938 bits per heavy atom. The monoisotopic (exact) mass is 1260 g/mol. The molecule has 0 atom stereocenters. The summed E-state index contributed by atoms with van der Waals surface area (Å²) < 4.78 is 0. The lowest BCUT2D eigenvalue weighted by molar-refractivity contribution is 1.33. The lowest BCUT2D eigenvalue weighted by Crippen LogP contribution is -1.58. The Bertz CT molecular complexity index is 2220. The molecule has 16 aromatic rings. The van der Waals surface area contributed by atoms with Crippen molar-refractivity contribution >= 4 is 0 Å². The van der Waals surface area contributed by atoms with Gasteiger partial charge in [0.25, 0.3) is 0 Å².